The minimum atomic E-state index is -1.05. The van der Waals surface area contributed by atoms with Gasteiger partial charge in [0.1, 0.15) is 0 Å². The Morgan fingerprint density at radius 3 is 3.00 bits per heavy atom. The van der Waals surface area contributed by atoms with Gasteiger partial charge in [-0.05, 0) is 24.9 Å². The van der Waals surface area contributed by atoms with E-state index >= 15 is 0 Å². The van der Waals surface area contributed by atoms with E-state index in [0.29, 0.717) is 24.3 Å². The SMILES string of the molecule is Cc1nscc1C(=O)N[C@@H]1CCO[C@@H]1C(=O)O. The maximum absolute atomic E-state index is 11.9. The Morgan fingerprint density at radius 1 is 1.65 bits per heavy atom. The fraction of sp³-hybridized carbons (Fsp3) is 0.500. The Kier molecular flexibility index (Phi) is 3.39. The van der Waals surface area contributed by atoms with Gasteiger partial charge in [-0.15, -0.1) is 0 Å². The number of aryl methyl sites for hydroxylation is 1. The molecule has 0 radical (unpaired) electrons. The largest absolute Gasteiger partial charge is 0.479 e. The monoisotopic (exact) mass is 256 g/mol. The van der Waals surface area contributed by atoms with E-state index in [1.807, 2.05) is 0 Å². The third-order valence-electron chi connectivity index (χ3n) is 2.65. The van der Waals surface area contributed by atoms with Crippen molar-refractivity contribution in [2.45, 2.75) is 25.5 Å². The molecule has 6 nitrogen and oxygen atoms in total. The number of rotatable bonds is 3. The van der Waals surface area contributed by atoms with Crippen LogP contribution in [-0.2, 0) is 9.53 Å². The minimum absolute atomic E-state index is 0.294. The molecule has 92 valence electrons. The summed E-state index contributed by atoms with van der Waals surface area (Å²) in [5.41, 5.74) is 1.14. The maximum Gasteiger partial charge on any atom is 0.334 e. The number of carboxylic acid groups (broad SMARTS) is 1. The number of carbonyl (C=O) groups excluding carboxylic acids is 1. The lowest BCUT2D eigenvalue weighted by Gasteiger charge is -2.15. The van der Waals surface area contributed by atoms with Crippen molar-refractivity contribution >= 4 is 23.4 Å². The second-order valence-corrected chi connectivity index (χ2v) is 4.44. The van der Waals surface area contributed by atoms with Gasteiger partial charge >= 0.3 is 5.97 Å². The molecule has 0 aliphatic carbocycles. The molecule has 2 atom stereocenters. The van der Waals surface area contributed by atoms with E-state index < -0.39 is 18.1 Å². The molecule has 2 rings (SSSR count). The molecule has 1 aromatic rings. The van der Waals surface area contributed by atoms with Crippen LogP contribution in [0.25, 0.3) is 0 Å². The summed E-state index contributed by atoms with van der Waals surface area (Å²) in [6.07, 6.45) is -0.440. The van der Waals surface area contributed by atoms with Crippen molar-refractivity contribution in [3.8, 4) is 0 Å². The number of hydrogen-bond acceptors (Lipinski definition) is 5. The summed E-state index contributed by atoms with van der Waals surface area (Å²) < 4.78 is 9.05. The van der Waals surface area contributed by atoms with E-state index in [1.54, 1.807) is 12.3 Å². The number of aromatic nitrogens is 1. The summed E-state index contributed by atoms with van der Waals surface area (Å²) >= 11 is 1.20. The number of hydrogen-bond donors (Lipinski definition) is 2. The molecular formula is C10H12N2O4S. The van der Waals surface area contributed by atoms with E-state index in [-0.39, 0.29) is 5.91 Å². The second kappa shape index (κ2) is 4.80. The maximum atomic E-state index is 11.9. The number of nitrogens with zero attached hydrogens (tertiary/aromatic N) is 1. The van der Waals surface area contributed by atoms with Crippen LogP contribution in [-0.4, -0.2) is 40.1 Å². The Hall–Kier alpha value is -1.47. The highest BCUT2D eigenvalue weighted by molar-refractivity contribution is 7.03. The molecule has 2 heterocycles. The molecule has 2 N–H and O–H groups in total. The normalized spacial score (nSPS) is 23.6. The van der Waals surface area contributed by atoms with Crippen LogP contribution in [0, 0.1) is 6.92 Å². The average Bonchev–Trinajstić information content (AvgIpc) is 2.86. The average molecular weight is 256 g/mol. The summed E-state index contributed by atoms with van der Waals surface area (Å²) in [4.78, 5) is 22.7. The predicted molar refractivity (Wildman–Crippen MR) is 60.1 cm³/mol. The molecule has 17 heavy (non-hydrogen) atoms. The highest BCUT2D eigenvalue weighted by Gasteiger charge is 2.35. The molecule has 0 spiro atoms. The lowest BCUT2D eigenvalue weighted by atomic mass is 10.1. The lowest BCUT2D eigenvalue weighted by Crippen LogP contribution is -2.44. The van der Waals surface area contributed by atoms with Crippen molar-refractivity contribution in [2.75, 3.05) is 6.61 Å². The fourth-order valence-corrected chi connectivity index (χ4v) is 2.43. The van der Waals surface area contributed by atoms with Gasteiger partial charge in [-0.2, -0.15) is 4.37 Å². The number of ether oxygens (including phenoxy) is 1. The molecule has 1 fully saturated rings. The van der Waals surface area contributed by atoms with E-state index in [4.69, 9.17) is 9.84 Å². The summed E-state index contributed by atoms with van der Waals surface area (Å²) in [5, 5.41) is 13.2. The molecule has 0 aromatic carbocycles. The van der Waals surface area contributed by atoms with Gasteiger partial charge in [0.2, 0.25) is 0 Å². The van der Waals surface area contributed by atoms with E-state index in [9.17, 15) is 9.59 Å². The highest BCUT2D eigenvalue weighted by atomic mass is 32.1. The van der Waals surface area contributed by atoms with Crippen molar-refractivity contribution in [2.24, 2.45) is 0 Å². The zero-order valence-electron chi connectivity index (χ0n) is 9.17. The molecule has 1 aliphatic heterocycles. The van der Waals surface area contributed by atoms with Crippen molar-refractivity contribution in [3.63, 3.8) is 0 Å². The summed E-state index contributed by atoms with van der Waals surface area (Å²) in [7, 11) is 0. The lowest BCUT2D eigenvalue weighted by molar-refractivity contribution is -0.148. The number of aliphatic carboxylic acids is 1. The van der Waals surface area contributed by atoms with Crippen molar-refractivity contribution < 1.29 is 19.4 Å². The Bertz CT molecular complexity index is 445. The van der Waals surface area contributed by atoms with Crippen LogP contribution < -0.4 is 5.32 Å². The molecule has 7 heteroatoms. The first-order chi connectivity index (χ1) is 8.09. The topological polar surface area (TPSA) is 88.5 Å². The molecule has 0 saturated carbocycles. The summed E-state index contributed by atoms with van der Waals surface area (Å²) in [6.45, 7) is 2.09. The molecule has 1 amide bonds. The van der Waals surface area contributed by atoms with Crippen LogP contribution in [0.2, 0.25) is 0 Å². The van der Waals surface area contributed by atoms with Gasteiger partial charge in [0.15, 0.2) is 6.10 Å². The number of carboxylic acids is 1. The second-order valence-electron chi connectivity index (χ2n) is 3.81. The third kappa shape index (κ3) is 2.45. The minimum Gasteiger partial charge on any atom is -0.479 e. The van der Waals surface area contributed by atoms with Crippen LogP contribution in [0.3, 0.4) is 0 Å². The summed E-state index contributed by atoms with van der Waals surface area (Å²) in [6, 6.07) is -0.473. The zero-order chi connectivity index (χ0) is 12.4. The van der Waals surface area contributed by atoms with Gasteiger partial charge in [-0.25, -0.2) is 4.79 Å². The number of carbonyl (C=O) groups is 2. The first-order valence-corrected chi connectivity index (χ1v) is 5.99. The van der Waals surface area contributed by atoms with Crippen LogP contribution >= 0.6 is 11.5 Å². The van der Waals surface area contributed by atoms with Crippen molar-refractivity contribution in [1.29, 1.82) is 0 Å². The molecule has 0 unspecified atom stereocenters. The van der Waals surface area contributed by atoms with Gasteiger partial charge in [0.05, 0.1) is 17.3 Å². The van der Waals surface area contributed by atoms with Gasteiger partial charge in [-0.1, -0.05) is 0 Å². The predicted octanol–water partition coefficient (Wildman–Crippen LogP) is 0.423. The van der Waals surface area contributed by atoms with Gasteiger partial charge in [0, 0.05) is 12.0 Å². The van der Waals surface area contributed by atoms with Crippen molar-refractivity contribution in [3.05, 3.63) is 16.6 Å². The van der Waals surface area contributed by atoms with Gasteiger partial charge in [0.25, 0.3) is 5.91 Å². The third-order valence-corrected chi connectivity index (χ3v) is 3.37. The molecule has 1 aliphatic rings. The highest BCUT2D eigenvalue weighted by Crippen LogP contribution is 2.16. The van der Waals surface area contributed by atoms with Crippen LogP contribution in [0.1, 0.15) is 22.5 Å². The summed E-state index contributed by atoms with van der Waals surface area (Å²) in [5.74, 6) is -1.34. The molecular weight excluding hydrogens is 244 g/mol. The Balaban J connectivity index is 2.04. The van der Waals surface area contributed by atoms with Crippen LogP contribution in [0.5, 0.6) is 0 Å². The number of nitrogens with one attached hydrogen (secondary N) is 1. The molecule has 0 bridgehead atoms. The smallest absolute Gasteiger partial charge is 0.334 e. The van der Waals surface area contributed by atoms with Crippen LogP contribution in [0.4, 0.5) is 0 Å². The zero-order valence-corrected chi connectivity index (χ0v) is 9.99. The van der Waals surface area contributed by atoms with Gasteiger partial charge in [-0.3, -0.25) is 4.79 Å². The first-order valence-electron chi connectivity index (χ1n) is 5.16. The van der Waals surface area contributed by atoms with Gasteiger partial charge < -0.3 is 15.2 Å². The first kappa shape index (κ1) is 12.0. The standard InChI is InChI=1S/C10H12N2O4S/c1-5-6(4-17-12-5)9(13)11-7-2-3-16-8(7)10(14)15/h4,7-8H,2-3H2,1H3,(H,11,13)(H,14,15)/t7-,8+/m1/s1. The molecule has 1 saturated heterocycles. The Morgan fingerprint density at radius 2 is 2.41 bits per heavy atom. The quantitative estimate of drug-likeness (QED) is 0.818. The van der Waals surface area contributed by atoms with E-state index in [2.05, 4.69) is 9.69 Å². The molecule has 1 aromatic heterocycles. The number of amides is 1. The fourth-order valence-electron chi connectivity index (χ4n) is 1.74. The Labute approximate surface area is 102 Å². The van der Waals surface area contributed by atoms with E-state index in [0.717, 1.165) is 0 Å². The van der Waals surface area contributed by atoms with E-state index in [1.165, 1.54) is 11.5 Å². The van der Waals surface area contributed by atoms with Crippen LogP contribution in [0.15, 0.2) is 5.38 Å². The van der Waals surface area contributed by atoms with Crippen molar-refractivity contribution in [1.82, 2.24) is 9.69 Å².